The fourth-order valence-corrected chi connectivity index (χ4v) is 3.46. The molecule has 0 aliphatic carbocycles. The van der Waals surface area contributed by atoms with Crippen LogP contribution in [0.15, 0.2) is 60.9 Å². The summed E-state index contributed by atoms with van der Waals surface area (Å²) in [6, 6.07) is 16.6. The fraction of sp³-hybridized carbons (Fsp3) is 0.100. The summed E-state index contributed by atoms with van der Waals surface area (Å²) in [4.78, 5) is 4.18. The normalized spacial score (nSPS) is 11.4. The molecule has 3 N–H and O–H groups in total. The number of H-pyrrole nitrogens is 1. The number of benzene rings is 2. The van der Waals surface area contributed by atoms with Crippen molar-refractivity contribution in [3.63, 3.8) is 0 Å². The van der Waals surface area contributed by atoms with Gasteiger partial charge in [-0.2, -0.15) is 15.4 Å². The third-order valence-corrected chi connectivity index (χ3v) is 4.68. The van der Waals surface area contributed by atoms with E-state index in [1.54, 1.807) is 0 Å². The van der Waals surface area contributed by atoms with E-state index < -0.39 is 0 Å². The van der Waals surface area contributed by atoms with Crippen molar-refractivity contribution in [3.8, 4) is 0 Å². The highest BCUT2D eigenvalue weighted by Gasteiger charge is 2.11. The van der Waals surface area contributed by atoms with Crippen molar-refractivity contribution in [3.05, 3.63) is 77.6 Å². The van der Waals surface area contributed by atoms with Crippen LogP contribution in [0, 0.1) is 0 Å². The van der Waals surface area contributed by atoms with Crippen molar-refractivity contribution in [1.29, 1.82) is 0 Å². The lowest BCUT2D eigenvalue weighted by atomic mass is 10.0. The molecule has 0 amide bonds. The number of hydrogen-bond donors (Lipinski definition) is 2. The number of anilines is 1. The van der Waals surface area contributed by atoms with Gasteiger partial charge in [0.15, 0.2) is 0 Å². The van der Waals surface area contributed by atoms with Gasteiger partial charge in [0, 0.05) is 12.6 Å². The maximum absolute atomic E-state index is 5.88. The molecular weight excluding hydrogens is 338 g/mol. The lowest BCUT2D eigenvalue weighted by molar-refractivity contribution is 0.689. The smallest absolute Gasteiger partial charge is 0.203 e. The molecule has 0 aliphatic rings. The number of aromatic nitrogens is 6. The Balaban J connectivity index is 1.43. The topological polar surface area (TPSA) is 98.3 Å². The largest absolute Gasteiger partial charge is 0.384 e. The number of rotatable bonds is 4. The average molecular weight is 355 g/mol. The predicted molar refractivity (Wildman–Crippen MR) is 104 cm³/mol. The van der Waals surface area contributed by atoms with Gasteiger partial charge in [-0.15, -0.1) is 5.10 Å². The van der Waals surface area contributed by atoms with E-state index in [0.717, 1.165) is 23.2 Å². The van der Waals surface area contributed by atoms with Gasteiger partial charge in [0.1, 0.15) is 11.3 Å². The molecule has 27 heavy (non-hydrogen) atoms. The summed E-state index contributed by atoms with van der Waals surface area (Å²) in [7, 11) is 0. The molecule has 0 unspecified atom stereocenters. The number of aromatic amines is 1. The summed E-state index contributed by atoms with van der Waals surface area (Å²) < 4.78 is 1.96. The van der Waals surface area contributed by atoms with Crippen molar-refractivity contribution in [2.75, 3.05) is 5.73 Å². The minimum atomic E-state index is 0.439. The number of hydrogen-bond acceptors (Lipinski definition) is 5. The second kappa shape index (κ2) is 6.21. The zero-order chi connectivity index (χ0) is 18.2. The van der Waals surface area contributed by atoms with Gasteiger partial charge in [-0.1, -0.05) is 42.5 Å². The molecule has 0 saturated heterocycles. The highest BCUT2D eigenvalue weighted by molar-refractivity contribution is 5.85. The van der Waals surface area contributed by atoms with Gasteiger partial charge in [0.25, 0.3) is 0 Å². The first-order chi connectivity index (χ1) is 13.3. The molecule has 3 heterocycles. The summed E-state index contributed by atoms with van der Waals surface area (Å²) in [5, 5.41) is 17.8. The Labute approximate surface area is 154 Å². The molecule has 5 rings (SSSR count). The monoisotopic (exact) mass is 355 g/mol. The van der Waals surface area contributed by atoms with Crippen molar-refractivity contribution in [1.82, 2.24) is 30.2 Å². The average Bonchev–Trinajstić information content (AvgIpc) is 3.31. The maximum atomic E-state index is 5.88. The van der Waals surface area contributed by atoms with E-state index in [0.29, 0.717) is 17.9 Å². The number of fused-ring (bicyclic) bond motifs is 2. The Kier molecular flexibility index (Phi) is 3.57. The molecular formula is C20H17N7. The van der Waals surface area contributed by atoms with Crippen LogP contribution in [-0.2, 0) is 13.0 Å². The molecule has 0 radical (unpaired) electrons. The van der Waals surface area contributed by atoms with Gasteiger partial charge in [-0.25, -0.2) is 4.98 Å². The number of nitrogens with one attached hydrogen (secondary N) is 1. The summed E-state index contributed by atoms with van der Waals surface area (Å²) in [6.45, 7) is 0.721. The first-order valence-electron chi connectivity index (χ1n) is 8.70. The van der Waals surface area contributed by atoms with Crippen LogP contribution in [0.25, 0.3) is 21.9 Å². The zero-order valence-electron chi connectivity index (χ0n) is 14.5. The SMILES string of the molecule is Nc1cc(Cc2cnn(Cc3cccc4ccccc34)c2)c2n[nH]nc2n1. The van der Waals surface area contributed by atoms with E-state index in [4.69, 9.17) is 5.73 Å². The second-order valence-electron chi connectivity index (χ2n) is 6.56. The van der Waals surface area contributed by atoms with E-state index in [-0.39, 0.29) is 0 Å². The van der Waals surface area contributed by atoms with Crippen molar-refractivity contribution < 1.29 is 0 Å². The number of nitrogens with two attached hydrogens (primary N) is 1. The molecule has 132 valence electrons. The summed E-state index contributed by atoms with van der Waals surface area (Å²) >= 11 is 0. The molecule has 3 aromatic heterocycles. The van der Waals surface area contributed by atoms with Crippen LogP contribution in [0.4, 0.5) is 5.82 Å². The Morgan fingerprint density at radius 3 is 2.85 bits per heavy atom. The molecule has 7 nitrogen and oxygen atoms in total. The molecule has 0 atom stereocenters. The first kappa shape index (κ1) is 15.5. The Morgan fingerprint density at radius 1 is 1.00 bits per heavy atom. The van der Waals surface area contributed by atoms with Crippen LogP contribution in [0.3, 0.4) is 0 Å². The predicted octanol–water partition coefficient (Wildman–Crippen LogP) is 2.92. The third kappa shape index (κ3) is 2.89. The van der Waals surface area contributed by atoms with Crippen LogP contribution in [0.1, 0.15) is 16.7 Å². The quantitative estimate of drug-likeness (QED) is 0.516. The summed E-state index contributed by atoms with van der Waals surface area (Å²) in [6.07, 6.45) is 4.61. The van der Waals surface area contributed by atoms with Crippen LogP contribution in [0.5, 0.6) is 0 Å². The standard InChI is InChI=1S/C20H17N7/c21-18-9-16(19-20(23-18)25-26-24-19)8-13-10-22-27(11-13)12-15-6-3-5-14-4-1-2-7-17(14)15/h1-7,9-11H,8,12H2,(H3,21,23,24,25,26). The molecule has 0 spiro atoms. The van der Waals surface area contributed by atoms with Crippen LogP contribution in [0.2, 0.25) is 0 Å². The van der Waals surface area contributed by atoms with E-state index in [1.807, 2.05) is 16.9 Å². The molecule has 0 saturated carbocycles. The Morgan fingerprint density at radius 2 is 1.89 bits per heavy atom. The number of nitrogen functional groups attached to an aromatic ring is 1. The zero-order valence-corrected chi connectivity index (χ0v) is 14.5. The van der Waals surface area contributed by atoms with E-state index >= 15 is 0 Å². The van der Waals surface area contributed by atoms with Gasteiger partial charge < -0.3 is 5.73 Å². The van der Waals surface area contributed by atoms with Crippen LogP contribution in [-0.4, -0.2) is 30.2 Å². The Hall–Kier alpha value is -3.74. The van der Waals surface area contributed by atoms with Gasteiger partial charge in [0.05, 0.1) is 12.7 Å². The van der Waals surface area contributed by atoms with Gasteiger partial charge >= 0.3 is 0 Å². The van der Waals surface area contributed by atoms with Crippen LogP contribution >= 0.6 is 0 Å². The van der Waals surface area contributed by atoms with Gasteiger partial charge in [0.2, 0.25) is 5.65 Å². The molecule has 0 fully saturated rings. The van der Waals surface area contributed by atoms with Crippen molar-refractivity contribution in [2.24, 2.45) is 0 Å². The van der Waals surface area contributed by atoms with E-state index in [2.05, 4.69) is 74.2 Å². The minimum Gasteiger partial charge on any atom is -0.384 e. The minimum absolute atomic E-state index is 0.439. The molecule has 5 aromatic rings. The summed E-state index contributed by atoms with van der Waals surface area (Å²) in [5.74, 6) is 0.439. The van der Waals surface area contributed by atoms with Crippen molar-refractivity contribution in [2.45, 2.75) is 13.0 Å². The summed E-state index contributed by atoms with van der Waals surface area (Å²) in [5.41, 5.74) is 10.5. The highest BCUT2D eigenvalue weighted by atomic mass is 15.3. The maximum Gasteiger partial charge on any atom is 0.203 e. The number of pyridine rings is 1. The lowest BCUT2D eigenvalue weighted by Gasteiger charge is -2.06. The second-order valence-corrected chi connectivity index (χ2v) is 6.56. The molecule has 2 aromatic carbocycles. The third-order valence-electron chi connectivity index (χ3n) is 4.68. The Bertz CT molecular complexity index is 1250. The van der Waals surface area contributed by atoms with Gasteiger partial charge in [-0.3, -0.25) is 4.68 Å². The van der Waals surface area contributed by atoms with E-state index in [9.17, 15) is 0 Å². The number of nitrogens with zero attached hydrogens (tertiary/aromatic N) is 5. The van der Waals surface area contributed by atoms with Crippen LogP contribution < -0.4 is 5.73 Å². The lowest BCUT2D eigenvalue weighted by Crippen LogP contribution is -2.00. The van der Waals surface area contributed by atoms with Gasteiger partial charge in [-0.05, 0) is 33.5 Å². The molecule has 0 bridgehead atoms. The molecule has 0 aliphatic heterocycles. The highest BCUT2D eigenvalue weighted by Crippen LogP contribution is 2.21. The van der Waals surface area contributed by atoms with E-state index in [1.165, 1.54) is 16.3 Å². The molecule has 7 heteroatoms. The fourth-order valence-electron chi connectivity index (χ4n) is 3.46. The first-order valence-corrected chi connectivity index (χ1v) is 8.70. The van der Waals surface area contributed by atoms with Crippen molar-refractivity contribution >= 4 is 27.8 Å².